The summed E-state index contributed by atoms with van der Waals surface area (Å²) in [5, 5.41) is 10.4. The van der Waals surface area contributed by atoms with Crippen molar-refractivity contribution in [1.29, 1.82) is 0 Å². The topological polar surface area (TPSA) is 67.2 Å². The van der Waals surface area contributed by atoms with Crippen LogP contribution in [0, 0.1) is 6.92 Å². The molecular weight excluding hydrogens is 230 g/mol. The molecule has 5 heteroatoms. The standard InChI is InChI=1S/C13H19N3O2/c1-9-7-11(16-18-9)12(17)15-10-3-6-14-13(8-10)4-2-5-13/h7,10,14H,2-6,8H2,1H3,(H,15,17). The van der Waals surface area contributed by atoms with E-state index in [0.717, 1.165) is 19.4 Å². The average Bonchev–Trinajstić information content (AvgIpc) is 2.74. The Labute approximate surface area is 106 Å². The molecule has 1 spiro atoms. The summed E-state index contributed by atoms with van der Waals surface area (Å²) in [6.45, 7) is 2.78. The third-order valence-corrected chi connectivity index (χ3v) is 4.14. The summed E-state index contributed by atoms with van der Waals surface area (Å²) in [4.78, 5) is 12.0. The number of amides is 1. The predicted molar refractivity (Wildman–Crippen MR) is 66.3 cm³/mol. The Morgan fingerprint density at radius 3 is 3.06 bits per heavy atom. The van der Waals surface area contributed by atoms with Gasteiger partial charge >= 0.3 is 0 Å². The Morgan fingerprint density at radius 1 is 1.61 bits per heavy atom. The van der Waals surface area contributed by atoms with E-state index in [0.29, 0.717) is 17.0 Å². The number of piperidine rings is 1. The Bertz CT molecular complexity index is 451. The van der Waals surface area contributed by atoms with Gasteiger partial charge < -0.3 is 15.2 Å². The Hall–Kier alpha value is -1.36. The fraction of sp³-hybridized carbons (Fsp3) is 0.692. The van der Waals surface area contributed by atoms with Gasteiger partial charge in [0.25, 0.3) is 5.91 Å². The Balaban J connectivity index is 1.60. The number of carbonyl (C=O) groups excluding carboxylic acids is 1. The highest BCUT2D eigenvalue weighted by molar-refractivity contribution is 5.92. The van der Waals surface area contributed by atoms with Gasteiger partial charge in [0.2, 0.25) is 0 Å². The van der Waals surface area contributed by atoms with Gasteiger partial charge in [0.15, 0.2) is 5.69 Å². The minimum atomic E-state index is -0.117. The first-order valence-corrected chi connectivity index (χ1v) is 6.66. The first kappa shape index (κ1) is 11.7. The van der Waals surface area contributed by atoms with Crippen LogP contribution < -0.4 is 10.6 Å². The van der Waals surface area contributed by atoms with Crippen LogP contribution in [-0.2, 0) is 0 Å². The SMILES string of the molecule is Cc1cc(C(=O)NC2CCNC3(CCC3)C2)no1. The van der Waals surface area contributed by atoms with Crippen molar-refractivity contribution in [1.82, 2.24) is 15.8 Å². The van der Waals surface area contributed by atoms with E-state index in [-0.39, 0.29) is 11.9 Å². The average molecular weight is 249 g/mol. The number of hydrogen-bond acceptors (Lipinski definition) is 4. The fourth-order valence-corrected chi connectivity index (χ4v) is 3.00. The van der Waals surface area contributed by atoms with Crippen molar-refractivity contribution in [2.45, 2.75) is 50.6 Å². The smallest absolute Gasteiger partial charge is 0.273 e. The molecule has 0 aromatic carbocycles. The van der Waals surface area contributed by atoms with E-state index in [1.54, 1.807) is 13.0 Å². The van der Waals surface area contributed by atoms with Gasteiger partial charge in [-0.1, -0.05) is 5.16 Å². The van der Waals surface area contributed by atoms with Crippen LogP contribution in [0.1, 0.15) is 48.4 Å². The second kappa shape index (κ2) is 4.39. The molecule has 2 aliphatic rings. The fourth-order valence-electron chi connectivity index (χ4n) is 3.00. The summed E-state index contributed by atoms with van der Waals surface area (Å²) < 4.78 is 4.92. The molecule has 3 rings (SSSR count). The van der Waals surface area contributed by atoms with Gasteiger partial charge in [-0.15, -0.1) is 0 Å². The van der Waals surface area contributed by atoms with Gasteiger partial charge in [-0.05, 0) is 45.6 Å². The molecule has 98 valence electrons. The van der Waals surface area contributed by atoms with E-state index in [1.807, 2.05) is 0 Å². The zero-order valence-electron chi connectivity index (χ0n) is 10.7. The number of nitrogens with one attached hydrogen (secondary N) is 2. The van der Waals surface area contributed by atoms with Crippen LogP contribution in [0.25, 0.3) is 0 Å². The molecule has 1 saturated heterocycles. The number of rotatable bonds is 2. The maximum absolute atomic E-state index is 12.0. The molecule has 1 aliphatic carbocycles. The summed E-state index contributed by atoms with van der Waals surface area (Å²) in [6.07, 6.45) is 5.81. The normalized spacial score (nSPS) is 25.7. The van der Waals surface area contributed by atoms with Crippen LogP contribution in [0.4, 0.5) is 0 Å². The van der Waals surface area contributed by atoms with E-state index < -0.39 is 0 Å². The molecule has 2 N–H and O–H groups in total. The molecule has 1 aromatic rings. The molecule has 1 aromatic heterocycles. The van der Waals surface area contributed by atoms with Crippen molar-refractivity contribution in [2.24, 2.45) is 0 Å². The largest absolute Gasteiger partial charge is 0.361 e. The predicted octanol–water partition coefficient (Wildman–Crippen LogP) is 1.39. The van der Waals surface area contributed by atoms with Gasteiger partial charge in [-0.25, -0.2) is 0 Å². The third kappa shape index (κ3) is 2.14. The molecule has 2 fully saturated rings. The molecule has 1 saturated carbocycles. The van der Waals surface area contributed by atoms with E-state index in [4.69, 9.17) is 4.52 Å². The third-order valence-electron chi connectivity index (χ3n) is 4.14. The Morgan fingerprint density at radius 2 is 2.44 bits per heavy atom. The van der Waals surface area contributed by atoms with Crippen molar-refractivity contribution in [3.63, 3.8) is 0 Å². The number of nitrogens with zero attached hydrogens (tertiary/aromatic N) is 1. The van der Waals surface area contributed by atoms with E-state index in [2.05, 4.69) is 15.8 Å². The monoisotopic (exact) mass is 249 g/mol. The first-order chi connectivity index (χ1) is 8.67. The number of aryl methyl sites for hydroxylation is 1. The lowest BCUT2D eigenvalue weighted by atomic mass is 9.70. The molecule has 1 unspecified atom stereocenters. The van der Waals surface area contributed by atoms with E-state index in [1.165, 1.54) is 19.3 Å². The summed E-state index contributed by atoms with van der Waals surface area (Å²) in [5.41, 5.74) is 0.685. The summed E-state index contributed by atoms with van der Waals surface area (Å²) in [6, 6.07) is 1.94. The number of carbonyl (C=O) groups is 1. The van der Waals surface area contributed by atoms with E-state index in [9.17, 15) is 4.79 Å². The molecule has 2 heterocycles. The molecule has 1 atom stereocenters. The molecule has 18 heavy (non-hydrogen) atoms. The molecule has 5 nitrogen and oxygen atoms in total. The molecule has 1 amide bonds. The molecule has 0 radical (unpaired) electrons. The second-order valence-corrected chi connectivity index (χ2v) is 5.55. The lowest BCUT2D eigenvalue weighted by Crippen LogP contribution is -2.59. The van der Waals surface area contributed by atoms with Crippen LogP contribution in [0.5, 0.6) is 0 Å². The molecule has 0 bridgehead atoms. The van der Waals surface area contributed by atoms with Crippen LogP contribution in [0.15, 0.2) is 10.6 Å². The number of hydrogen-bond donors (Lipinski definition) is 2. The summed E-state index contributed by atoms with van der Waals surface area (Å²) >= 11 is 0. The maximum Gasteiger partial charge on any atom is 0.273 e. The lowest BCUT2D eigenvalue weighted by molar-refractivity contribution is 0.0845. The van der Waals surface area contributed by atoms with Crippen molar-refractivity contribution in [3.05, 3.63) is 17.5 Å². The lowest BCUT2D eigenvalue weighted by Gasteiger charge is -2.48. The van der Waals surface area contributed by atoms with Gasteiger partial charge in [0.1, 0.15) is 5.76 Å². The van der Waals surface area contributed by atoms with Crippen LogP contribution >= 0.6 is 0 Å². The summed E-state index contributed by atoms with van der Waals surface area (Å²) in [7, 11) is 0. The minimum Gasteiger partial charge on any atom is -0.361 e. The van der Waals surface area contributed by atoms with Crippen molar-refractivity contribution >= 4 is 5.91 Å². The maximum atomic E-state index is 12.0. The zero-order valence-corrected chi connectivity index (χ0v) is 10.7. The van der Waals surface area contributed by atoms with E-state index >= 15 is 0 Å². The first-order valence-electron chi connectivity index (χ1n) is 6.66. The van der Waals surface area contributed by atoms with Crippen LogP contribution in [0.3, 0.4) is 0 Å². The van der Waals surface area contributed by atoms with Crippen molar-refractivity contribution < 1.29 is 9.32 Å². The van der Waals surface area contributed by atoms with Crippen molar-refractivity contribution in [2.75, 3.05) is 6.54 Å². The van der Waals surface area contributed by atoms with Crippen LogP contribution in [-0.4, -0.2) is 29.2 Å². The zero-order chi connectivity index (χ0) is 12.6. The van der Waals surface area contributed by atoms with Crippen LogP contribution in [0.2, 0.25) is 0 Å². The highest BCUT2D eigenvalue weighted by Gasteiger charge is 2.41. The highest BCUT2D eigenvalue weighted by atomic mass is 16.5. The molecule has 1 aliphatic heterocycles. The summed E-state index contributed by atoms with van der Waals surface area (Å²) in [5.74, 6) is 0.550. The number of aromatic nitrogens is 1. The highest BCUT2D eigenvalue weighted by Crippen LogP contribution is 2.38. The second-order valence-electron chi connectivity index (χ2n) is 5.55. The van der Waals surface area contributed by atoms with Gasteiger partial charge in [0.05, 0.1) is 0 Å². The van der Waals surface area contributed by atoms with Gasteiger partial charge in [-0.3, -0.25) is 4.79 Å². The quantitative estimate of drug-likeness (QED) is 0.831. The molecular formula is C13H19N3O2. The van der Waals surface area contributed by atoms with Gasteiger partial charge in [0, 0.05) is 17.6 Å². The Kier molecular flexibility index (Phi) is 2.86. The minimum absolute atomic E-state index is 0.117. The van der Waals surface area contributed by atoms with Crippen molar-refractivity contribution in [3.8, 4) is 0 Å². The van der Waals surface area contributed by atoms with Gasteiger partial charge in [-0.2, -0.15) is 0 Å².